The first kappa shape index (κ1) is 24.9. The second kappa shape index (κ2) is 11.5. The Balaban J connectivity index is 1.19. The van der Waals surface area contributed by atoms with Crippen molar-refractivity contribution in [3.05, 3.63) is 106 Å². The van der Waals surface area contributed by atoms with E-state index < -0.39 is 4.92 Å². The summed E-state index contributed by atoms with van der Waals surface area (Å²) in [4.78, 5) is 22.8. The molecule has 1 saturated heterocycles. The smallest absolute Gasteiger partial charge is 0.277 e. The summed E-state index contributed by atoms with van der Waals surface area (Å²) >= 11 is 3.90. The number of fused-ring (bicyclic) bond motifs is 1. The van der Waals surface area contributed by atoms with Crippen LogP contribution in [-0.2, 0) is 11.3 Å². The third-order valence-electron chi connectivity index (χ3n) is 5.86. The van der Waals surface area contributed by atoms with Gasteiger partial charge in [0.2, 0.25) is 0 Å². The van der Waals surface area contributed by atoms with E-state index in [0.717, 1.165) is 22.0 Å². The van der Waals surface area contributed by atoms with Crippen molar-refractivity contribution in [2.75, 3.05) is 18.1 Å². The maximum Gasteiger partial charge on any atom is 0.277 e. The third-order valence-corrected chi connectivity index (χ3v) is 8.96. The molecule has 1 fully saturated rings. The first-order chi connectivity index (χ1) is 18.1. The Morgan fingerprint density at radius 2 is 1.81 bits per heavy atom. The monoisotopic (exact) mass is 532 g/mol. The van der Waals surface area contributed by atoms with E-state index in [1.807, 2.05) is 78.3 Å². The molecule has 1 aliphatic rings. The fourth-order valence-electron chi connectivity index (χ4n) is 4.06. The van der Waals surface area contributed by atoms with Crippen LogP contribution in [0.5, 0.6) is 5.75 Å². The normalized spacial score (nSPS) is 13.8. The van der Waals surface area contributed by atoms with E-state index in [-0.39, 0.29) is 18.2 Å². The van der Waals surface area contributed by atoms with E-state index in [9.17, 15) is 14.9 Å². The number of para-hydroxylation sites is 1. The lowest BCUT2D eigenvalue weighted by Crippen LogP contribution is -2.24. The highest BCUT2D eigenvalue weighted by Gasteiger charge is 2.18. The standard InChI is InChI=1S/C27H24N4O4S2/c32-26(18-35-23-11-7-20(8-12-23)27-36-13-14-37-27)29-28-15-21-17-30(25-4-2-1-3-24(21)25)16-19-5-9-22(10-6-19)31(33)34/h1-12,15,17,27H,13-14,16,18H2,(H,29,32)/b28-15-. The number of non-ortho nitro benzene ring substituents is 1. The molecule has 0 saturated carbocycles. The van der Waals surface area contributed by atoms with Crippen molar-refractivity contribution in [1.29, 1.82) is 0 Å². The minimum atomic E-state index is -0.409. The van der Waals surface area contributed by atoms with E-state index in [1.165, 1.54) is 29.2 Å². The molecule has 2 heterocycles. The SMILES string of the molecule is O=C(COc1ccc(C2SCCS2)cc1)N/N=C\c1cn(Cc2ccc([N+](=O)[O-])cc2)c2ccccc12. The summed E-state index contributed by atoms with van der Waals surface area (Å²) in [6.07, 6.45) is 3.55. The summed E-state index contributed by atoms with van der Waals surface area (Å²) in [7, 11) is 0. The minimum absolute atomic E-state index is 0.0629. The number of carbonyl (C=O) groups is 1. The van der Waals surface area contributed by atoms with Crippen LogP contribution >= 0.6 is 23.5 Å². The number of benzene rings is 3. The number of carbonyl (C=O) groups excluding carboxylic acids is 1. The van der Waals surface area contributed by atoms with Crippen molar-refractivity contribution < 1.29 is 14.5 Å². The number of nitro benzene ring substituents is 1. The molecular formula is C27H24N4O4S2. The summed E-state index contributed by atoms with van der Waals surface area (Å²) in [6.45, 7) is 0.412. The van der Waals surface area contributed by atoms with Gasteiger partial charge in [0.1, 0.15) is 5.75 Å². The second-order valence-electron chi connectivity index (χ2n) is 8.38. The summed E-state index contributed by atoms with van der Waals surface area (Å²) in [5, 5.41) is 16.0. The van der Waals surface area contributed by atoms with Crippen molar-refractivity contribution in [3.8, 4) is 5.75 Å². The zero-order chi connectivity index (χ0) is 25.6. The second-order valence-corrected chi connectivity index (χ2v) is 11.1. The number of hydrogen-bond donors (Lipinski definition) is 1. The van der Waals surface area contributed by atoms with Gasteiger partial charge in [0, 0.05) is 52.8 Å². The number of ether oxygens (including phenoxy) is 1. The lowest BCUT2D eigenvalue weighted by atomic mass is 10.2. The maximum absolute atomic E-state index is 12.3. The van der Waals surface area contributed by atoms with E-state index >= 15 is 0 Å². The molecule has 0 bridgehead atoms. The Kier molecular flexibility index (Phi) is 7.76. The molecule has 0 aliphatic carbocycles. The van der Waals surface area contributed by atoms with Gasteiger partial charge in [-0.25, -0.2) is 5.43 Å². The lowest BCUT2D eigenvalue weighted by Gasteiger charge is -2.10. The number of amides is 1. The van der Waals surface area contributed by atoms with E-state index in [1.54, 1.807) is 18.3 Å². The maximum atomic E-state index is 12.3. The number of aromatic nitrogens is 1. The molecule has 0 unspecified atom stereocenters. The molecule has 37 heavy (non-hydrogen) atoms. The van der Waals surface area contributed by atoms with Gasteiger partial charge >= 0.3 is 0 Å². The summed E-state index contributed by atoms with van der Waals surface area (Å²) in [5.74, 6) is 2.64. The molecule has 188 valence electrons. The van der Waals surface area contributed by atoms with Crippen molar-refractivity contribution >= 4 is 52.2 Å². The molecule has 1 N–H and O–H groups in total. The minimum Gasteiger partial charge on any atom is -0.484 e. The lowest BCUT2D eigenvalue weighted by molar-refractivity contribution is -0.384. The van der Waals surface area contributed by atoms with Crippen LogP contribution < -0.4 is 10.2 Å². The molecule has 3 aromatic carbocycles. The van der Waals surface area contributed by atoms with Gasteiger partial charge in [-0.05, 0) is 29.3 Å². The van der Waals surface area contributed by atoms with Gasteiger partial charge in [0.15, 0.2) is 6.61 Å². The predicted molar refractivity (Wildman–Crippen MR) is 149 cm³/mol. The summed E-state index contributed by atoms with van der Waals surface area (Å²) in [5.41, 5.74) is 6.63. The van der Waals surface area contributed by atoms with E-state index in [4.69, 9.17) is 4.74 Å². The van der Waals surface area contributed by atoms with Gasteiger partial charge in [-0.2, -0.15) is 5.10 Å². The highest BCUT2D eigenvalue weighted by atomic mass is 32.2. The van der Waals surface area contributed by atoms with Crippen molar-refractivity contribution in [1.82, 2.24) is 9.99 Å². The molecule has 0 spiro atoms. The van der Waals surface area contributed by atoms with Crippen LogP contribution in [0.3, 0.4) is 0 Å². The van der Waals surface area contributed by atoms with Gasteiger partial charge in [0.25, 0.3) is 11.6 Å². The summed E-state index contributed by atoms with van der Waals surface area (Å²) < 4.78 is 8.14. The Morgan fingerprint density at radius 1 is 1.08 bits per heavy atom. The van der Waals surface area contributed by atoms with Crippen LogP contribution in [0.1, 0.15) is 21.3 Å². The topological polar surface area (TPSA) is 98.8 Å². The van der Waals surface area contributed by atoms with Gasteiger partial charge in [-0.3, -0.25) is 14.9 Å². The fourth-order valence-corrected chi connectivity index (χ4v) is 6.92. The highest BCUT2D eigenvalue weighted by molar-refractivity contribution is 8.19. The molecule has 8 nitrogen and oxygen atoms in total. The first-order valence-corrected chi connectivity index (χ1v) is 13.8. The Bertz CT molecular complexity index is 1430. The van der Waals surface area contributed by atoms with Crippen molar-refractivity contribution in [2.45, 2.75) is 11.1 Å². The van der Waals surface area contributed by atoms with Crippen LogP contribution in [0.15, 0.2) is 84.1 Å². The molecule has 0 atom stereocenters. The van der Waals surface area contributed by atoms with Crippen LogP contribution in [0, 0.1) is 10.1 Å². The number of rotatable bonds is 9. The van der Waals surface area contributed by atoms with Crippen LogP contribution in [0.2, 0.25) is 0 Å². The largest absolute Gasteiger partial charge is 0.484 e. The predicted octanol–water partition coefficient (Wildman–Crippen LogP) is 5.61. The van der Waals surface area contributed by atoms with Crippen LogP contribution in [0.4, 0.5) is 5.69 Å². The number of hydrazone groups is 1. The average molecular weight is 533 g/mol. The molecule has 4 aromatic rings. The van der Waals surface area contributed by atoms with Gasteiger partial charge in [0.05, 0.1) is 15.7 Å². The fraction of sp³-hybridized carbons (Fsp3) is 0.185. The van der Waals surface area contributed by atoms with Gasteiger partial charge < -0.3 is 9.30 Å². The first-order valence-electron chi connectivity index (χ1n) is 11.7. The quantitative estimate of drug-likeness (QED) is 0.171. The Hall–Kier alpha value is -3.76. The zero-order valence-corrected chi connectivity index (χ0v) is 21.4. The third kappa shape index (κ3) is 6.15. The molecule has 1 aromatic heterocycles. The number of nitrogens with one attached hydrogen (secondary N) is 1. The number of thioether (sulfide) groups is 2. The highest BCUT2D eigenvalue weighted by Crippen LogP contribution is 2.45. The molecule has 10 heteroatoms. The molecule has 0 radical (unpaired) electrons. The van der Waals surface area contributed by atoms with E-state index in [2.05, 4.69) is 15.1 Å². The van der Waals surface area contributed by atoms with Crippen LogP contribution in [0.25, 0.3) is 10.9 Å². The number of hydrogen-bond acceptors (Lipinski definition) is 7. The molecule has 1 amide bonds. The van der Waals surface area contributed by atoms with Crippen molar-refractivity contribution in [2.24, 2.45) is 5.10 Å². The van der Waals surface area contributed by atoms with E-state index in [0.29, 0.717) is 16.9 Å². The molecule has 5 rings (SSSR count). The van der Waals surface area contributed by atoms with Crippen LogP contribution in [-0.4, -0.2) is 39.7 Å². The molecular weight excluding hydrogens is 508 g/mol. The Labute approximate surface area is 222 Å². The average Bonchev–Trinajstić information content (AvgIpc) is 3.57. The summed E-state index contributed by atoms with van der Waals surface area (Å²) in [6, 6.07) is 22.3. The van der Waals surface area contributed by atoms with Gasteiger partial charge in [-0.15, -0.1) is 23.5 Å². The number of nitro groups is 1. The molecule has 1 aliphatic heterocycles. The van der Waals surface area contributed by atoms with Gasteiger partial charge in [-0.1, -0.05) is 42.5 Å². The van der Waals surface area contributed by atoms with Crippen molar-refractivity contribution in [3.63, 3.8) is 0 Å². The number of nitrogens with zero attached hydrogens (tertiary/aromatic N) is 3. The Morgan fingerprint density at radius 3 is 2.54 bits per heavy atom. The zero-order valence-electron chi connectivity index (χ0n) is 19.8.